The monoisotopic (exact) mass is 174 g/mol. The van der Waals surface area contributed by atoms with Gasteiger partial charge in [-0.1, -0.05) is 13.8 Å². The molecule has 0 rings (SSSR count). The van der Waals surface area contributed by atoms with Crippen molar-refractivity contribution in [3.05, 3.63) is 0 Å². The van der Waals surface area contributed by atoms with Gasteiger partial charge >= 0.3 is 0 Å². The van der Waals surface area contributed by atoms with Crippen molar-refractivity contribution in [3.8, 4) is 0 Å². The van der Waals surface area contributed by atoms with E-state index in [4.69, 9.17) is 10.2 Å². The molecule has 2 N–H and O–H groups in total. The number of aliphatic hydroxyl groups excluding tert-OH is 1. The van der Waals surface area contributed by atoms with Crippen LogP contribution in [0.1, 0.15) is 39.5 Å². The van der Waals surface area contributed by atoms with Gasteiger partial charge < -0.3 is 10.2 Å². The van der Waals surface area contributed by atoms with E-state index < -0.39 is 6.29 Å². The largest absolute Gasteiger partial charge is 0.368 e. The zero-order chi connectivity index (χ0) is 9.56. The van der Waals surface area contributed by atoms with Gasteiger partial charge in [-0.25, -0.2) is 0 Å². The molecule has 12 heavy (non-hydrogen) atoms. The third-order valence-corrected chi connectivity index (χ3v) is 1.92. The van der Waals surface area contributed by atoms with Gasteiger partial charge in [-0.3, -0.25) is 4.79 Å². The molecule has 3 nitrogen and oxygen atoms in total. The number of carbonyl (C=O) groups is 1. The van der Waals surface area contributed by atoms with Crippen molar-refractivity contribution < 1.29 is 15.0 Å². The van der Waals surface area contributed by atoms with Crippen molar-refractivity contribution in [2.75, 3.05) is 0 Å². The standard InChI is InChI=1S/C9H18O3/c1-3-4-8(10)6-5-7(2)9(11)12/h7,9,11-12H,3-6H2,1-2H3. The highest BCUT2D eigenvalue weighted by Crippen LogP contribution is 2.10. The van der Waals surface area contributed by atoms with Gasteiger partial charge in [0.05, 0.1) is 0 Å². The normalized spacial score (nSPS) is 13.4. The van der Waals surface area contributed by atoms with Crippen LogP contribution < -0.4 is 0 Å². The van der Waals surface area contributed by atoms with Gasteiger partial charge in [0, 0.05) is 18.8 Å². The topological polar surface area (TPSA) is 57.5 Å². The lowest BCUT2D eigenvalue weighted by Crippen LogP contribution is -2.17. The number of ketones is 1. The molecule has 0 aromatic rings. The van der Waals surface area contributed by atoms with E-state index in [9.17, 15) is 4.79 Å². The predicted molar refractivity (Wildman–Crippen MR) is 46.5 cm³/mol. The van der Waals surface area contributed by atoms with Gasteiger partial charge in [-0.05, 0) is 12.8 Å². The lowest BCUT2D eigenvalue weighted by atomic mass is 10.0. The van der Waals surface area contributed by atoms with Crippen LogP contribution >= 0.6 is 0 Å². The first-order valence-corrected chi connectivity index (χ1v) is 4.45. The zero-order valence-corrected chi connectivity index (χ0v) is 7.79. The first kappa shape index (κ1) is 11.6. The second kappa shape index (κ2) is 6.14. The van der Waals surface area contributed by atoms with Crippen molar-refractivity contribution in [3.63, 3.8) is 0 Å². The summed E-state index contributed by atoms with van der Waals surface area (Å²) in [7, 11) is 0. The molecule has 0 saturated heterocycles. The molecule has 1 atom stereocenters. The minimum atomic E-state index is -1.29. The molecule has 0 amide bonds. The van der Waals surface area contributed by atoms with Crippen molar-refractivity contribution in [1.82, 2.24) is 0 Å². The van der Waals surface area contributed by atoms with Crippen LogP contribution in [0.5, 0.6) is 0 Å². The Morgan fingerprint density at radius 2 is 1.92 bits per heavy atom. The minimum absolute atomic E-state index is 0.203. The van der Waals surface area contributed by atoms with Gasteiger partial charge in [0.2, 0.25) is 0 Å². The molecule has 1 unspecified atom stereocenters. The first-order valence-electron chi connectivity index (χ1n) is 4.45. The van der Waals surface area contributed by atoms with Crippen molar-refractivity contribution in [1.29, 1.82) is 0 Å². The van der Waals surface area contributed by atoms with Crippen LogP contribution in [0.15, 0.2) is 0 Å². The second-order valence-corrected chi connectivity index (χ2v) is 3.22. The minimum Gasteiger partial charge on any atom is -0.368 e. The summed E-state index contributed by atoms with van der Waals surface area (Å²) in [6.45, 7) is 3.69. The molecule has 0 fully saturated rings. The summed E-state index contributed by atoms with van der Waals surface area (Å²) in [6.07, 6.45) is 1.21. The maximum atomic E-state index is 11.0. The van der Waals surface area contributed by atoms with Gasteiger partial charge in [0.15, 0.2) is 6.29 Å². The van der Waals surface area contributed by atoms with Crippen molar-refractivity contribution >= 4 is 5.78 Å². The molecule has 0 aromatic carbocycles. The number of aliphatic hydroxyl groups is 2. The van der Waals surface area contributed by atoms with Crippen LogP contribution in [0.2, 0.25) is 0 Å². The van der Waals surface area contributed by atoms with Crippen LogP contribution in [0.25, 0.3) is 0 Å². The Kier molecular flexibility index (Phi) is 5.93. The highest BCUT2D eigenvalue weighted by atomic mass is 16.5. The van der Waals surface area contributed by atoms with E-state index in [1.54, 1.807) is 6.92 Å². The molecular weight excluding hydrogens is 156 g/mol. The van der Waals surface area contributed by atoms with E-state index in [0.717, 1.165) is 6.42 Å². The predicted octanol–water partition coefficient (Wildman–Crippen LogP) is 1.08. The molecule has 0 saturated carbocycles. The highest BCUT2D eigenvalue weighted by Gasteiger charge is 2.11. The maximum Gasteiger partial charge on any atom is 0.154 e. The third kappa shape index (κ3) is 5.27. The quantitative estimate of drug-likeness (QED) is 0.592. The Bertz CT molecular complexity index is 132. The van der Waals surface area contributed by atoms with Crippen LogP contribution in [-0.4, -0.2) is 22.3 Å². The first-order chi connectivity index (χ1) is 5.57. The Labute approximate surface area is 73.4 Å². The lowest BCUT2D eigenvalue weighted by Gasteiger charge is -2.11. The van der Waals surface area contributed by atoms with E-state index in [-0.39, 0.29) is 11.7 Å². The molecule has 0 heterocycles. The van der Waals surface area contributed by atoms with Gasteiger partial charge in [0.1, 0.15) is 5.78 Å². The van der Waals surface area contributed by atoms with Gasteiger partial charge in [0.25, 0.3) is 0 Å². The highest BCUT2D eigenvalue weighted by molar-refractivity contribution is 5.78. The van der Waals surface area contributed by atoms with Crippen LogP contribution in [0.4, 0.5) is 0 Å². The zero-order valence-electron chi connectivity index (χ0n) is 7.79. The molecule has 0 bridgehead atoms. The summed E-state index contributed by atoms with van der Waals surface area (Å²) in [6, 6.07) is 0. The fourth-order valence-corrected chi connectivity index (χ4v) is 0.942. The number of hydrogen-bond donors (Lipinski definition) is 2. The maximum absolute atomic E-state index is 11.0. The number of carbonyl (C=O) groups excluding carboxylic acids is 1. The Balaban J connectivity index is 3.47. The summed E-state index contributed by atoms with van der Waals surface area (Å²) >= 11 is 0. The van der Waals surface area contributed by atoms with Gasteiger partial charge in [-0.15, -0.1) is 0 Å². The Morgan fingerprint density at radius 3 is 2.33 bits per heavy atom. The van der Waals surface area contributed by atoms with Crippen molar-refractivity contribution in [2.45, 2.75) is 45.8 Å². The summed E-state index contributed by atoms with van der Waals surface area (Å²) in [5.74, 6) is 0.0100. The SMILES string of the molecule is CCCC(=O)CCC(C)C(O)O. The third-order valence-electron chi connectivity index (χ3n) is 1.92. The Morgan fingerprint density at radius 1 is 1.33 bits per heavy atom. The molecule has 3 heteroatoms. The van der Waals surface area contributed by atoms with E-state index >= 15 is 0 Å². The van der Waals surface area contributed by atoms with Crippen LogP contribution in [0, 0.1) is 5.92 Å². The lowest BCUT2D eigenvalue weighted by molar-refractivity contribution is -0.120. The number of hydrogen-bond acceptors (Lipinski definition) is 3. The summed E-state index contributed by atoms with van der Waals surface area (Å²) in [5.41, 5.74) is 0. The molecule has 0 aliphatic heterocycles. The average molecular weight is 174 g/mol. The molecule has 0 aliphatic rings. The molecule has 0 aliphatic carbocycles. The number of Topliss-reactive ketones (excluding diaryl/α,β-unsaturated/α-hetero) is 1. The van der Waals surface area contributed by atoms with Crippen LogP contribution in [-0.2, 0) is 4.79 Å². The summed E-state index contributed by atoms with van der Waals surface area (Å²) in [5, 5.41) is 17.4. The van der Waals surface area contributed by atoms with E-state index in [1.807, 2.05) is 6.92 Å². The fraction of sp³-hybridized carbons (Fsp3) is 0.889. The van der Waals surface area contributed by atoms with E-state index in [0.29, 0.717) is 19.3 Å². The summed E-state index contributed by atoms with van der Waals surface area (Å²) in [4.78, 5) is 11.0. The van der Waals surface area contributed by atoms with Crippen molar-refractivity contribution in [2.24, 2.45) is 5.92 Å². The molecule has 0 aromatic heterocycles. The second-order valence-electron chi connectivity index (χ2n) is 3.22. The van der Waals surface area contributed by atoms with Gasteiger partial charge in [-0.2, -0.15) is 0 Å². The summed E-state index contributed by atoms with van der Waals surface area (Å²) < 4.78 is 0. The molecular formula is C9H18O3. The number of rotatable bonds is 6. The van der Waals surface area contributed by atoms with E-state index in [1.165, 1.54) is 0 Å². The average Bonchev–Trinajstić information content (AvgIpc) is 2.00. The van der Waals surface area contributed by atoms with E-state index in [2.05, 4.69) is 0 Å². The molecule has 0 spiro atoms. The molecule has 0 radical (unpaired) electrons. The smallest absolute Gasteiger partial charge is 0.154 e. The molecule has 72 valence electrons. The Hall–Kier alpha value is -0.410. The fourth-order valence-electron chi connectivity index (χ4n) is 0.942. The van der Waals surface area contributed by atoms with Crippen LogP contribution in [0.3, 0.4) is 0 Å².